The Morgan fingerprint density at radius 1 is 0.276 bits per heavy atom. The van der Waals surface area contributed by atoms with Gasteiger partial charge in [0.1, 0.15) is 13.2 Å². The lowest BCUT2D eigenvalue weighted by molar-refractivity contribution is -0.167. The second-order valence-electron chi connectivity index (χ2n) is 17.8. The van der Waals surface area contributed by atoms with E-state index in [9.17, 15) is 14.4 Å². The van der Waals surface area contributed by atoms with E-state index in [1.807, 2.05) is 0 Å². The fourth-order valence-electron chi connectivity index (χ4n) is 7.92. The molecular weight excluding hydrogens is 721 g/mol. The number of carbonyl (C=O) groups is 3. The Kier molecular flexibility index (Phi) is 46.8. The molecule has 0 aromatic heterocycles. The van der Waals surface area contributed by atoms with Gasteiger partial charge in [0.25, 0.3) is 0 Å². The number of esters is 3. The molecule has 344 valence electrons. The summed E-state index contributed by atoms with van der Waals surface area (Å²) >= 11 is 0. The molecule has 6 nitrogen and oxygen atoms in total. The van der Waals surface area contributed by atoms with Crippen LogP contribution in [0.2, 0.25) is 0 Å². The van der Waals surface area contributed by atoms with Gasteiger partial charge in [-0.15, -0.1) is 0 Å². The van der Waals surface area contributed by atoms with Gasteiger partial charge in [-0.25, -0.2) is 0 Å². The van der Waals surface area contributed by atoms with Crippen LogP contribution in [-0.2, 0) is 28.6 Å². The van der Waals surface area contributed by atoms with E-state index in [4.69, 9.17) is 14.2 Å². The van der Waals surface area contributed by atoms with Crippen molar-refractivity contribution in [1.29, 1.82) is 0 Å². The molecule has 0 rings (SSSR count). The molecule has 0 amide bonds. The molecule has 6 heteroatoms. The summed E-state index contributed by atoms with van der Waals surface area (Å²) in [4.78, 5) is 37.8. The summed E-state index contributed by atoms with van der Waals surface area (Å²) < 4.78 is 16.7. The minimum absolute atomic E-state index is 0.0623. The third kappa shape index (κ3) is 45.5. The van der Waals surface area contributed by atoms with Gasteiger partial charge in [-0.2, -0.15) is 0 Å². The normalized spacial score (nSPS) is 11.8. The third-order valence-electron chi connectivity index (χ3n) is 11.9. The van der Waals surface area contributed by atoms with E-state index in [0.29, 0.717) is 19.3 Å². The van der Waals surface area contributed by atoms with Crippen molar-refractivity contribution in [3.05, 3.63) is 0 Å². The van der Waals surface area contributed by atoms with Gasteiger partial charge in [-0.1, -0.05) is 258 Å². The highest BCUT2D eigenvalue weighted by molar-refractivity contribution is 5.71. The second kappa shape index (κ2) is 48.1. The highest BCUT2D eigenvalue weighted by Crippen LogP contribution is 2.17. The molecule has 0 spiro atoms. The Labute approximate surface area is 361 Å². The molecule has 0 fully saturated rings. The zero-order valence-corrected chi connectivity index (χ0v) is 39.3. The summed E-state index contributed by atoms with van der Waals surface area (Å²) in [7, 11) is 0. The molecule has 0 saturated carbocycles. The SMILES string of the molecule is CCCCCCCCCCCCCCCCCCCCC(=O)OC[C@@H](COC(=O)CCCCCCCCC)OC(=O)CCCCCCCCCCCCCCCCC. The van der Waals surface area contributed by atoms with Crippen molar-refractivity contribution >= 4 is 17.9 Å². The molecule has 0 bridgehead atoms. The number of hydrogen-bond donors (Lipinski definition) is 0. The summed E-state index contributed by atoms with van der Waals surface area (Å²) in [6.45, 7) is 6.64. The standard InChI is InChI=1S/C52H100O6/c1-4-7-10-13-16-18-20-22-24-25-26-28-29-31-33-36-39-42-45-51(54)57-48-49(47-56-50(53)44-41-38-35-15-12-9-6-3)58-52(55)46-43-40-37-34-32-30-27-23-21-19-17-14-11-8-5-2/h49H,4-48H2,1-3H3/t49-/m1/s1. The fourth-order valence-corrected chi connectivity index (χ4v) is 7.92. The minimum atomic E-state index is -0.758. The maximum absolute atomic E-state index is 12.7. The lowest BCUT2D eigenvalue weighted by Crippen LogP contribution is -2.30. The number of carbonyl (C=O) groups excluding carboxylic acids is 3. The molecule has 0 unspecified atom stereocenters. The Hall–Kier alpha value is -1.59. The minimum Gasteiger partial charge on any atom is -0.462 e. The monoisotopic (exact) mass is 821 g/mol. The number of ether oxygens (including phenoxy) is 3. The van der Waals surface area contributed by atoms with Crippen molar-refractivity contribution in [2.45, 2.75) is 303 Å². The molecule has 0 saturated heterocycles. The van der Waals surface area contributed by atoms with Gasteiger partial charge < -0.3 is 14.2 Å². The van der Waals surface area contributed by atoms with Crippen molar-refractivity contribution in [1.82, 2.24) is 0 Å². The van der Waals surface area contributed by atoms with Crippen molar-refractivity contribution in [3.8, 4) is 0 Å². The first-order valence-corrected chi connectivity index (χ1v) is 26.0. The number of rotatable bonds is 48. The molecule has 1 atom stereocenters. The first-order chi connectivity index (χ1) is 28.5. The highest BCUT2D eigenvalue weighted by Gasteiger charge is 2.19. The van der Waals surface area contributed by atoms with E-state index in [0.717, 1.165) is 57.8 Å². The maximum Gasteiger partial charge on any atom is 0.306 e. The van der Waals surface area contributed by atoms with Gasteiger partial charge in [0.15, 0.2) is 6.10 Å². The number of unbranched alkanes of at least 4 members (excludes halogenated alkanes) is 37. The van der Waals surface area contributed by atoms with E-state index >= 15 is 0 Å². The summed E-state index contributed by atoms with van der Waals surface area (Å²) in [6, 6.07) is 0. The molecule has 0 aromatic carbocycles. The van der Waals surface area contributed by atoms with Crippen molar-refractivity contribution in [3.63, 3.8) is 0 Å². The van der Waals surface area contributed by atoms with Crippen LogP contribution in [0.25, 0.3) is 0 Å². The first-order valence-electron chi connectivity index (χ1n) is 26.0. The van der Waals surface area contributed by atoms with E-state index < -0.39 is 6.10 Å². The molecule has 0 N–H and O–H groups in total. The van der Waals surface area contributed by atoms with Crippen LogP contribution in [0.15, 0.2) is 0 Å². The van der Waals surface area contributed by atoms with E-state index in [-0.39, 0.29) is 31.1 Å². The van der Waals surface area contributed by atoms with E-state index in [2.05, 4.69) is 20.8 Å². The smallest absolute Gasteiger partial charge is 0.306 e. The molecule has 0 aliphatic rings. The van der Waals surface area contributed by atoms with Crippen LogP contribution in [0.3, 0.4) is 0 Å². The highest BCUT2D eigenvalue weighted by atomic mass is 16.6. The zero-order chi connectivity index (χ0) is 42.3. The van der Waals surface area contributed by atoms with Crippen LogP contribution >= 0.6 is 0 Å². The second-order valence-corrected chi connectivity index (χ2v) is 17.8. The van der Waals surface area contributed by atoms with Crippen LogP contribution in [0.4, 0.5) is 0 Å². The molecule has 58 heavy (non-hydrogen) atoms. The average molecular weight is 821 g/mol. The summed E-state index contributed by atoms with van der Waals surface area (Å²) in [5.74, 6) is -0.848. The predicted octanol–water partition coefficient (Wildman–Crippen LogP) is 16.8. The van der Waals surface area contributed by atoms with Crippen LogP contribution in [0.5, 0.6) is 0 Å². The van der Waals surface area contributed by atoms with Gasteiger partial charge in [-0.05, 0) is 19.3 Å². The van der Waals surface area contributed by atoms with Gasteiger partial charge in [0.2, 0.25) is 0 Å². The van der Waals surface area contributed by atoms with Crippen LogP contribution in [0, 0.1) is 0 Å². The zero-order valence-electron chi connectivity index (χ0n) is 39.3. The molecule has 0 aliphatic carbocycles. The van der Waals surface area contributed by atoms with Gasteiger partial charge >= 0.3 is 17.9 Å². The molecular formula is C52H100O6. The van der Waals surface area contributed by atoms with Crippen LogP contribution in [-0.4, -0.2) is 37.2 Å². The first kappa shape index (κ1) is 56.4. The molecule has 0 aromatic rings. The molecule has 0 aliphatic heterocycles. The van der Waals surface area contributed by atoms with Gasteiger partial charge in [0.05, 0.1) is 0 Å². The van der Waals surface area contributed by atoms with Crippen molar-refractivity contribution < 1.29 is 28.6 Å². The van der Waals surface area contributed by atoms with Gasteiger partial charge in [0, 0.05) is 19.3 Å². The van der Waals surface area contributed by atoms with Crippen molar-refractivity contribution in [2.24, 2.45) is 0 Å². The molecule has 0 radical (unpaired) electrons. The quantitative estimate of drug-likeness (QED) is 0.0346. The summed E-state index contributed by atoms with van der Waals surface area (Å²) in [6.07, 6.45) is 51.0. The Morgan fingerprint density at radius 2 is 0.466 bits per heavy atom. The van der Waals surface area contributed by atoms with E-state index in [1.165, 1.54) is 199 Å². The Morgan fingerprint density at radius 3 is 0.690 bits per heavy atom. The number of hydrogen-bond acceptors (Lipinski definition) is 6. The van der Waals surface area contributed by atoms with Crippen molar-refractivity contribution in [2.75, 3.05) is 13.2 Å². The van der Waals surface area contributed by atoms with Crippen LogP contribution in [0.1, 0.15) is 297 Å². The largest absolute Gasteiger partial charge is 0.462 e. The maximum atomic E-state index is 12.7. The van der Waals surface area contributed by atoms with Crippen LogP contribution < -0.4 is 0 Å². The summed E-state index contributed by atoms with van der Waals surface area (Å²) in [5.41, 5.74) is 0. The molecule has 0 heterocycles. The fraction of sp³-hybridized carbons (Fsp3) is 0.942. The van der Waals surface area contributed by atoms with Gasteiger partial charge in [-0.3, -0.25) is 14.4 Å². The topological polar surface area (TPSA) is 78.9 Å². The Bertz CT molecular complexity index is 859. The predicted molar refractivity (Wildman–Crippen MR) is 247 cm³/mol. The van der Waals surface area contributed by atoms with E-state index in [1.54, 1.807) is 0 Å². The lowest BCUT2D eigenvalue weighted by atomic mass is 10.0. The average Bonchev–Trinajstić information content (AvgIpc) is 3.22. The summed E-state index contributed by atoms with van der Waals surface area (Å²) in [5, 5.41) is 0. The lowest BCUT2D eigenvalue weighted by Gasteiger charge is -2.18. The third-order valence-corrected chi connectivity index (χ3v) is 11.9. The Balaban J connectivity index is 4.17.